The highest BCUT2D eigenvalue weighted by Gasteiger charge is 2.33. The van der Waals surface area contributed by atoms with Crippen LogP contribution in [0.15, 0.2) is 60.8 Å². The zero-order valence-electron chi connectivity index (χ0n) is 16.1. The average Bonchev–Trinajstić information content (AvgIpc) is 2.73. The van der Waals surface area contributed by atoms with Crippen LogP contribution in [0.5, 0.6) is 5.75 Å². The number of carboxylic acids is 1. The molecule has 2 aromatic carbocycles. The smallest absolute Gasteiger partial charge is 0.478 e. The number of carbonyl (C=O) groups is 2. The van der Waals surface area contributed by atoms with Gasteiger partial charge >= 0.3 is 12.3 Å². The Morgan fingerprint density at radius 3 is 2.19 bits per heavy atom. The van der Waals surface area contributed by atoms with Crippen LogP contribution in [0, 0.1) is 11.6 Å². The molecule has 0 fully saturated rings. The number of hydrogen-bond acceptors (Lipinski definition) is 4. The summed E-state index contributed by atoms with van der Waals surface area (Å²) in [5, 5.41) is 8.96. The molecule has 5 nitrogen and oxygen atoms in total. The van der Waals surface area contributed by atoms with Gasteiger partial charge < -0.3 is 9.84 Å². The summed E-state index contributed by atoms with van der Waals surface area (Å²) in [5.41, 5.74) is -0.123. The Morgan fingerprint density at radius 1 is 0.969 bits per heavy atom. The summed E-state index contributed by atoms with van der Waals surface area (Å²) in [7, 11) is 0. The second-order valence-electron chi connectivity index (χ2n) is 6.67. The van der Waals surface area contributed by atoms with Gasteiger partial charge in [-0.2, -0.15) is 0 Å². The maximum absolute atomic E-state index is 14.4. The molecule has 1 aromatic heterocycles. The lowest BCUT2D eigenvalue weighted by Gasteiger charge is -2.18. The summed E-state index contributed by atoms with van der Waals surface area (Å²) < 4.78 is 69.5. The molecule has 0 aliphatic heterocycles. The number of benzene rings is 2. The minimum atomic E-state index is -5.10. The number of Topliss-reactive ketones (excluding diaryl/α,β-unsaturated/α-hetero) is 1. The molecular formula is C22H14F5NO4. The first-order chi connectivity index (χ1) is 15.0. The summed E-state index contributed by atoms with van der Waals surface area (Å²) >= 11 is 0. The number of halogens is 5. The summed E-state index contributed by atoms with van der Waals surface area (Å²) in [5.74, 6) is -6.06. The van der Waals surface area contributed by atoms with E-state index in [4.69, 9.17) is 5.11 Å². The van der Waals surface area contributed by atoms with E-state index in [1.807, 2.05) is 0 Å². The first-order valence-corrected chi connectivity index (χ1v) is 9.07. The number of alkyl halides is 3. The molecule has 0 radical (unpaired) electrons. The fourth-order valence-corrected chi connectivity index (χ4v) is 3.07. The molecule has 1 atom stereocenters. The Balaban J connectivity index is 1.96. The lowest BCUT2D eigenvalue weighted by molar-refractivity contribution is -0.275. The molecule has 1 heterocycles. The Hall–Kier alpha value is -3.82. The number of nitrogens with zero attached hydrogens (tertiary/aromatic N) is 1. The van der Waals surface area contributed by atoms with Crippen molar-refractivity contribution in [2.75, 3.05) is 0 Å². The Morgan fingerprint density at radius 2 is 1.62 bits per heavy atom. The van der Waals surface area contributed by atoms with E-state index in [0.29, 0.717) is 0 Å². The number of pyridine rings is 1. The van der Waals surface area contributed by atoms with Crippen molar-refractivity contribution in [1.29, 1.82) is 0 Å². The SMILES string of the molecule is O=C(O)c1ccc(C(=O)C[C@@H](c2ccc(OC(F)(F)F)c(F)c2)c2ncccc2F)cc1. The lowest BCUT2D eigenvalue weighted by Crippen LogP contribution is -2.18. The van der Waals surface area contributed by atoms with E-state index >= 15 is 0 Å². The first kappa shape index (κ1) is 22.9. The Bertz CT molecular complexity index is 1150. The van der Waals surface area contributed by atoms with Gasteiger partial charge in [-0.25, -0.2) is 13.6 Å². The van der Waals surface area contributed by atoms with Crippen LogP contribution in [-0.2, 0) is 0 Å². The van der Waals surface area contributed by atoms with Crippen molar-refractivity contribution < 1.29 is 41.4 Å². The molecule has 3 rings (SSSR count). The number of ketones is 1. The molecule has 1 N–H and O–H groups in total. The fourth-order valence-electron chi connectivity index (χ4n) is 3.07. The third kappa shape index (κ3) is 5.45. The highest BCUT2D eigenvalue weighted by atomic mass is 19.4. The van der Waals surface area contributed by atoms with Gasteiger partial charge in [0.2, 0.25) is 0 Å². The van der Waals surface area contributed by atoms with Gasteiger partial charge in [-0.15, -0.1) is 13.2 Å². The Kier molecular flexibility index (Phi) is 6.52. The summed E-state index contributed by atoms with van der Waals surface area (Å²) in [6.45, 7) is 0. The quantitative estimate of drug-likeness (QED) is 0.387. The van der Waals surface area contributed by atoms with E-state index in [1.54, 1.807) is 0 Å². The molecule has 10 heteroatoms. The average molecular weight is 451 g/mol. The van der Waals surface area contributed by atoms with Gasteiger partial charge in [-0.1, -0.05) is 18.2 Å². The maximum Gasteiger partial charge on any atom is 0.573 e. The van der Waals surface area contributed by atoms with E-state index in [2.05, 4.69) is 9.72 Å². The van der Waals surface area contributed by atoms with Crippen molar-refractivity contribution >= 4 is 11.8 Å². The molecule has 0 saturated carbocycles. The second kappa shape index (κ2) is 9.13. The first-order valence-electron chi connectivity index (χ1n) is 9.07. The largest absolute Gasteiger partial charge is 0.573 e. The molecule has 166 valence electrons. The molecule has 0 bridgehead atoms. The molecule has 0 aliphatic carbocycles. The van der Waals surface area contributed by atoms with Crippen molar-refractivity contribution in [3.63, 3.8) is 0 Å². The van der Waals surface area contributed by atoms with Gasteiger partial charge in [-0.3, -0.25) is 9.78 Å². The highest BCUT2D eigenvalue weighted by molar-refractivity contribution is 5.98. The molecule has 0 saturated heterocycles. The zero-order chi connectivity index (χ0) is 23.5. The van der Waals surface area contributed by atoms with Crippen molar-refractivity contribution in [3.05, 3.63) is 94.8 Å². The predicted octanol–water partition coefficient (Wildman–Crippen LogP) is 5.36. The second-order valence-corrected chi connectivity index (χ2v) is 6.67. The van der Waals surface area contributed by atoms with Crippen LogP contribution >= 0.6 is 0 Å². The topological polar surface area (TPSA) is 76.5 Å². The summed E-state index contributed by atoms with van der Waals surface area (Å²) in [6.07, 6.45) is -4.25. The normalized spacial score (nSPS) is 12.3. The van der Waals surface area contributed by atoms with Crippen LogP contribution in [0.1, 0.15) is 44.3 Å². The number of aromatic nitrogens is 1. The van der Waals surface area contributed by atoms with Crippen LogP contribution in [0.2, 0.25) is 0 Å². The van der Waals surface area contributed by atoms with Crippen molar-refractivity contribution in [2.45, 2.75) is 18.7 Å². The molecule has 0 unspecified atom stereocenters. The maximum atomic E-state index is 14.4. The van der Waals surface area contributed by atoms with Crippen molar-refractivity contribution in [1.82, 2.24) is 4.98 Å². The number of ether oxygens (including phenoxy) is 1. The number of rotatable bonds is 7. The summed E-state index contributed by atoms with van der Waals surface area (Å²) in [4.78, 5) is 27.6. The standard InChI is InChI=1S/C22H14F5NO4/c23-16-2-1-9-28-20(16)15(11-18(29)12-3-5-13(6-4-12)21(30)31)14-7-8-19(17(24)10-14)32-22(25,26)27/h1-10,15H,11H2,(H,30,31)/t15-/m0/s1. The predicted molar refractivity (Wildman–Crippen MR) is 101 cm³/mol. The highest BCUT2D eigenvalue weighted by Crippen LogP contribution is 2.33. The molecule has 0 spiro atoms. The van der Waals surface area contributed by atoms with Gasteiger partial charge in [0.1, 0.15) is 5.82 Å². The molecular weight excluding hydrogens is 437 g/mol. The van der Waals surface area contributed by atoms with Crippen LogP contribution in [0.25, 0.3) is 0 Å². The number of carbonyl (C=O) groups excluding carboxylic acids is 1. The van der Waals surface area contributed by atoms with Gasteiger partial charge in [0.25, 0.3) is 0 Å². The minimum Gasteiger partial charge on any atom is -0.478 e. The third-order valence-corrected chi connectivity index (χ3v) is 4.54. The van der Waals surface area contributed by atoms with E-state index in [1.165, 1.54) is 36.5 Å². The van der Waals surface area contributed by atoms with Crippen molar-refractivity contribution in [2.24, 2.45) is 0 Å². The van der Waals surface area contributed by atoms with E-state index < -0.39 is 47.8 Å². The van der Waals surface area contributed by atoms with Gasteiger partial charge in [0.05, 0.1) is 11.3 Å². The summed E-state index contributed by atoms with van der Waals surface area (Å²) in [6, 6.07) is 9.92. The van der Waals surface area contributed by atoms with Gasteiger partial charge in [-0.05, 0) is 42.0 Å². The van der Waals surface area contributed by atoms with E-state index in [0.717, 1.165) is 24.3 Å². The number of carboxylic acid groups (broad SMARTS) is 1. The Labute approximate surface area is 178 Å². The molecule has 0 amide bonds. The van der Waals surface area contributed by atoms with Crippen LogP contribution < -0.4 is 4.74 Å². The fraction of sp³-hybridized carbons (Fsp3) is 0.136. The van der Waals surface area contributed by atoms with Gasteiger partial charge in [0.15, 0.2) is 17.3 Å². The molecule has 0 aliphatic rings. The van der Waals surface area contributed by atoms with E-state index in [9.17, 15) is 31.5 Å². The third-order valence-electron chi connectivity index (χ3n) is 4.54. The van der Waals surface area contributed by atoms with Crippen LogP contribution in [-0.4, -0.2) is 28.2 Å². The zero-order valence-corrected chi connectivity index (χ0v) is 16.1. The van der Waals surface area contributed by atoms with Crippen LogP contribution in [0.3, 0.4) is 0 Å². The lowest BCUT2D eigenvalue weighted by atomic mass is 9.88. The van der Waals surface area contributed by atoms with Gasteiger partial charge in [0, 0.05) is 24.1 Å². The van der Waals surface area contributed by atoms with Crippen LogP contribution in [0.4, 0.5) is 22.0 Å². The van der Waals surface area contributed by atoms with Crippen molar-refractivity contribution in [3.8, 4) is 5.75 Å². The number of aromatic carboxylic acids is 1. The monoisotopic (exact) mass is 451 g/mol. The van der Waals surface area contributed by atoms with E-state index in [-0.39, 0.29) is 22.4 Å². The number of hydrogen-bond donors (Lipinski definition) is 1. The minimum absolute atomic E-state index is 0.00475. The molecule has 3 aromatic rings. The molecule has 32 heavy (non-hydrogen) atoms.